The summed E-state index contributed by atoms with van der Waals surface area (Å²) in [7, 11) is 0. The molecule has 0 saturated carbocycles. The van der Waals surface area contributed by atoms with Crippen molar-refractivity contribution in [3.63, 3.8) is 0 Å². The van der Waals surface area contributed by atoms with E-state index in [2.05, 4.69) is 47.8 Å². The average Bonchev–Trinajstić information content (AvgIpc) is 2.41. The van der Waals surface area contributed by atoms with Crippen LogP contribution in [0.2, 0.25) is 0 Å². The SMILES string of the molecule is CC(C)(C)c1cccc2nc(Br)oc12. The highest BCUT2D eigenvalue weighted by molar-refractivity contribution is 9.10. The van der Waals surface area contributed by atoms with Crippen LogP contribution in [0.15, 0.2) is 27.4 Å². The van der Waals surface area contributed by atoms with Gasteiger partial charge in [-0.25, -0.2) is 4.98 Å². The Morgan fingerprint density at radius 1 is 1.29 bits per heavy atom. The molecule has 0 unspecified atom stereocenters. The first-order chi connectivity index (χ1) is 6.48. The van der Waals surface area contributed by atoms with Gasteiger partial charge in [-0.3, -0.25) is 0 Å². The molecule has 0 N–H and O–H groups in total. The van der Waals surface area contributed by atoms with Crippen LogP contribution in [-0.2, 0) is 5.41 Å². The molecule has 0 aliphatic heterocycles. The van der Waals surface area contributed by atoms with Crippen molar-refractivity contribution >= 4 is 27.0 Å². The summed E-state index contributed by atoms with van der Waals surface area (Å²) in [6.45, 7) is 6.49. The molecule has 2 nitrogen and oxygen atoms in total. The van der Waals surface area contributed by atoms with Gasteiger partial charge in [0, 0.05) is 21.5 Å². The summed E-state index contributed by atoms with van der Waals surface area (Å²) in [6.07, 6.45) is 0. The van der Waals surface area contributed by atoms with Crippen molar-refractivity contribution in [3.05, 3.63) is 28.6 Å². The molecule has 0 aliphatic rings. The zero-order valence-corrected chi connectivity index (χ0v) is 10.1. The molecule has 1 aromatic carbocycles. The van der Waals surface area contributed by atoms with Crippen molar-refractivity contribution in [3.8, 4) is 0 Å². The fourth-order valence-corrected chi connectivity index (χ4v) is 1.87. The Labute approximate surface area is 91.5 Å². The molecular weight excluding hydrogens is 242 g/mol. The lowest BCUT2D eigenvalue weighted by atomic mass is 9.86. The zero-order chi connectivity index (χ0) is 10.3. The maximum atomic E-state index is 5.53. The van der Waals surface area contributed by atoms with Gasteiger partial charge in [-0.1, -0.05) is 32.9 Å². The third-order valence-corrected chi connectivity index (χ3v) is 2.54. The lowest BCUT2D eigenvalue weighted by Crippen LogP contribution is -2.10. The van der Waals surface area contributed by atoms with Crippen LogP contribution in [0.3, 0.4) is 0 Å². The van der Waals surface area contributed by atoms with E-state index in [-0.39, 0.29) is 5.41 Å². The topological polar surface area (TPSA) is 26.0 Å². The molecule has 0 radical (unpaired) electrons. The Hall–Kier alpha value is -0.830. The van der Waals surface area contributed by atoms with Gasteiger partial charge in [0.25, 0.3) is 4.80 Å². The van der Waals surface area contributed by atoms with E-state index in [1.165, 1.54) is 5.56 Å². The number of nitrogens with zero attached hydrogens (tertiary/aromatic N) is 1. The molecule has 2 aromatic rings. The molecule has 0 aliphatic carbocycles. The Balaban J connectivity index is 2.77. The van der Waals surface area contributed by atoms with E-state index in [0.717, 1.165) is 11.1 Å². The first-order valence-corrected chi connectivity index (χ1v) is 5.33. The second-order valence-corrected chi connectivity index (χ2v) is 5.05. The molecule has 3 heteroatoms. The van der Waals surface area contributed by atoms with Crippen molar-refractivity contribution in [2.75, 3.05) is 0 Å². The maximum absolute atomic E-state index is 5.53. The third kappa shape index (κ3) is 1.57. The van der Waals surface area contributed by atoms with Crippen LogP contribution < -0.4 is 0 Å². The Bertz CT molecular complexity index is 468. The van der Waals surface area contributed by atoms with E-state index in [4.69, 9.17) is 4.42 Å². The smallest absolute Gasteiger partial charge is 0.265 e. The van der Waals surface area contributed by atoms with Gasteiger partial charge >= 0.3 is 0 Å². The molecule has 1 heterocycles. The molecule has 0 fully saturated rings. The minimum atomic E-state index is 0.0818. The largest absolute Gasteiger partial charge is 0.431 e. The van der Waals surface area contributed by atoms with Crippen molar-refractivity contribution in [1.29, 1.82) is 0 Å². The molecular formula is C11H12BrNO. The summed E-state index contributed by atoms with van der Waals surface area (Å²) in [5.74, 6) is 0. The van der Waals surface area contributed by atoms with Gasteiger partial charge in [0.2, 0.25) is 0 Å². The number of oxazole rings is 1. The van der Waals surface area contributed by atoms with E-state index in [1.807, 2.05) is 12.1 Å². The Morgan fingerprint density at radius 3 is 2.64 bits per heavy atom. The minimum Gasteiger partial charge on any atom is -0.431 e. The molecule has 14 heavy (non-hydrogen) atoms. The summed E-state index contributed by atoms with van der Waals surface area (Å²) in [6, 6.07) is 6.05. The standard InChI is InChI=1S/C11H12BrNO/c1-11(2,3)7-5-4-6-8-9(7)14-10(12)13-8/h4-6H,1-3H3. The zero-order valence-electron chi connectivity index (χ0n) is 8.47. The highest BCUT2D eigenvalue weighted by Gasteiger charge is 2.19. The van der Waals surface area contributed by atoms with Gasteiger partial charge in [0.05, 0.1) is 0 Å². The summed E-state index contributed by atoms with van der Waals surface area (Å²) in [5.41, 5.74) is 3.06. The maximum Gasteiger partial charge on any atom is 0.265 e. The molecule has 0 spiro atoms. The normalized spacial score (nSPS) is 12.3. The van der Waals surface area contributed by atoms with Gasteiger partial charge in [0.1, 0.15) is 5.52 Å². The number of fused-ring (bicyclic) bond motifs is 1. The number of aromatic nitrogens is 1. The van der Waals surface area contributed by atoms with Crippen LogP contribution in [0.5, 0.6) is 0 Å². The predicted molar refractivity (Wildman–Crippen MR) is 60.4 cm³/mol. The highest BCUT2D eigenvalue weighted by atomic mass is 79.9. The second-order valence-electron chi connectivity index (χ2n) is 4.37. The van der Waals surface area contributed by atoms with Gasteiger partial charge in [0.15, 0.2) is 5.58 Å². The molecule has 0 atom stereocenters. The van der Waals surface area contributed by atoms with Crippen molar-refractivity contribution in [2.45, 2.75) is 26.2 Å². The van der Waals surface area contributed by atoms with Gasteiger partial charge in [-0.2, -0.15) is 0 Å². The summed E-state index contributed by atoms with van der Waals surface area (Å²) in [4.78, 5) is 4.78. The molecule has 1 aromatic heterocycles. The van der Waals surface area contributed by atoms with Crippen LogP contribution in [0.1, 0.15) is 26.3 Å². The third-order valence-electron chi connectivity index (χ3n) is 2.20. The first kappa shape index (κ1) is 9.71. The van der Waals surface area contributed by atoms with Crippen molar-refractivity contribution in [1.82, 2.24) is 4.98 Å². The van der Waals surface area contributed by atoms with Gasteiger partial charge < -0.3 is 4.42 Å². The lowest BCUT2D eigenvalue weighted by Gasteiger charge is -2.18. The number of para-hydroxylation sites is 1. The molecule has 0 amide bonds. The quantitative estimate of drug-likeness (QED) is 0.712. The Kier molecular flexibility index (Phi) is 2.14. The first-order valence-electron chi connectivity index (χ1n) is 4.54. The number of hydrogen-bond donors (Lipinski definition) is 0. The fourth-order valence-electron chi connectivity index (χ4n) is 1.51. The lowest BCUT2D eigenvalue weighted by molar-refractivity contribution is 0.538. The monoisotopic (exact) mass is 253 g/mol. The van der Waals surface area contributed by atoms with E-state index in [9.17, 15) is 0 Å². The highest BCUT2D eigenvalue weighted by Crippen LogP contribution is 2.31. The van der Waals surface area contributed by atoms with Crippen LogP contribution in [0.25, 0.3) is 11.1 Å². The van der Waals surface area contributed by atoms with Crippen LogP contribution >= 0.6 is 15.9 Å². The van der Waals surface area contributed by atoms with E-state index in [1.54, 1.807) is 0 Å². The predicted octanol–water partition coefficient (Wildman–Crippen LogP) is 3.89. The second kappa shape index (κ2) is 3.09. The number of rotatable bonds is 0. The molecule has 0 saturated heterocycles. The fraction of sp³-hybridized carbons (Fsp3) is 0.364. The van der Waals surface area contributed by atoms with Crippen molar-refractivity contribution in [2.24, 2.45) is 0 Å². The van der Waals surface area contributed by atoms with E-state index < -0.39 is 0 Å². The molecule has 2 rings (SSSR count). The van der Waals surface area contributed by atoms with Crippen molar-refractivity contribution < 1.29 is 4.42 Å². The number of halogens is 1. The average molecular weight is 254 g/mol. The van der Waals surface area contributed by atoms with E-state index >= 15 is 0 Å². The summed E-state index contributed by atoms with van der Waals surface area (Å²) < 4.78 is 5.53. The molecule has 74 valence electrons. The van der Waals surface area contributed by atoms with Crippen LogP contribution in [0, 0.1) is 0 Å². The van der Waals surface area contributed by atoms with Crippen LogP contribution in [0.4, 0.5) is 0 Å². The molecule has 0 bridgehead atoms. The Morgan fingerprint density at radius 2 is 2.00 bits per heavy atom. The summed E-state index contributed by atoms with van der Waals surface area (Å²) >= 11 is 3.25. The van der Waals surface area contributed by atoms with Gasteiger partial charge in [-0.05, 0) is 11.5 Å². The summed E-state index contributed by atoms with van der Waals surface area (Å²) in [5, 5.41) is 0. The van der Waals surface area contributed by atoms with E-state index in [0.29, 0.717) is 4.80 Å². The number of benzene rings is 1. The van der Waals surface area contributed by atoms with Gasteiger partial charge in [-0.15, -0.1) is 0 Å². The van der Waals surface area contributed by atoms with Crippen LogP contribution in [-0.4, -0.2) is 4.98 Å². The minimum absolute atomic E-state index is 0.0818. The number of hydrogen-bond acceptors (Lipinski definition) is 2.